The van der Waals surface area contributed by atoms with Crippen LogP contribution in [0.3, 0.4) is 0 Å². The minimum atomic E-state index is -0.0166. The van der Waals surface area contributed by atoms with Gasteiger partial charge in [0.15, 0.2) is 0 Å². The molecule has 1 aromatic carbocycles. The number of carbonyl (C=O) groups excluding carboxylic acids is 1. The van der Waals surface area contributed by atoms with Crippen molar-refractivity contribution in [3.63, 3.8) is 0 Å². The summed E-state index contributed by atoms with van der Waals surface area (Å²) < 4.78 is 5.26. The summed E-state index contributed by atoms with van der Waals surface area (Å²) in [5.74, 6) is 1.20. The smallest absolute Gasteiger partial charge is 0.251 e. The van der Waals surface area contributed by atoms with Gasteiger partial charge in [0.05, 0.1) is 7.11 Å². The predicted molar refractivity (Wildman–Crippen MR) is 75.6 cm³/mol. The zero-order valence-electron chi connectivity index (χ0n) is 11.8. The first-order valence-electron chi connectivity index (χ1n) is 6.78. The van der Waals surface area contributed by atoms with E-state index in [4.69, 9.17) is 4.74 Å². The molecule has 1 amide bonds. The first-order chi connectivity index (χ1) is 9.11. The zero-order chi connectivity index (χ0) is 13.8. The molecule has 0 unspecified atom stereocenters. The third-order valence-corrected chi connectivity index (χ3v) is 3.77. The second-order valence-electron chi connectivity index (χ2n) is 5.23. The summed E-state index contributed by atoms with van der Waals surface area (Å²) in [7, 11) is 1.62. The van der Waals surface area contributed by atoms with Crippen LogP contribution in [0.2, 0.25) is 0 Å². The summed E-state index contributed by atoms with van der Waals surface area (Å²) in [5.41, 5.74) is 1.70. The molecule has 104 valence electrons. The molecule has 0 spiro atoms. The summed E-state index contributed by atoms with van der Waals surface area (Å²) in [6.45, 7) is 6.05. The minimum absolute atomic E-state index is 0.0166. The largest absolute Gasteiger partial charge is 0.496 e. The van der Waals surface area contributed by atoms with E-state index in [1.54, 1.807) is 13.2 Å². The average molecular weight is 262 g/mol. The van der Waals surface area contributed by atoms with Gasteiger partial charge in [-0.2, -0.15) is 0 Å². The van der Waals surface area contributed by atoms with Crippen molar-refractivity contribution in [2.24, 2.45) is 5.92 Å². The van der Waals surface area contributed by atoms with Crippen LogP contribution in [0.4, 0.5) is 0 Å². The van der Waals surface area contributed by atoms with Crippen molar-refractivity contribution in [2.75, 3.05) is 20.2 Å². The Kier molecular flexibility index (Phi) is 4.43. The Labute approximate surface area is 114 Å². The molecule has 1 saturated heterocycles. The molecule has 1 aromatic rings. The van der Waals surface area contributed by atoms with Crippen LogP contribution >= 0.6 is 0 Å². The van der Waals surface area contributed by atoms with Crippen LogP contribution in [0.15, 0.2) is 18.2 Å². The van der Waals surface area contributed by atoms with Crippen LogP contribution in [0.5, 0.6) is 5.75 Å². The van der Waals surface area contributed by atoms with Gasteiger partial charge in [-0.25, -0.2) is 0 Å². The lowest BCUT2D eigenvalue weighted by molar-refractivity contribution is 0.0914. The van der Waals surface area contributed by atoms with Crippen molar-refractivity contribution in [3.8, 4) is 5.75 Å². The number of benzene rings is 1. The van der Waals surface area contributed by atoms with Crippen LogP contribution in [0, 0.1) is 12.8 Å². The molecule has 0 aliphatic carbocycles. The number of aryl methyl sites for hydroxylation is 1. The van der Waals surface area contributed by atoms with Gasteiger partial charge in [-0.1, -0.05) is 13.0 Å². The van der Waals surface area contributed by atoms with E-state index in [-0.39, 0.29) is 11.9 Å². The molecule has 0 saturated carbocycles. The van der Waals surface area contributed by atoms with E-state index >= 15 is 0 Å². The van der Waals surface area contributed by atoms with E-state index in [1.807, 2.05) is 19.1 Å². The number of methoxy groups -OCH3 is 1. The fourth-order valence-corrected chi connectivity index (χ4v) is 2.44. The molecule has 1 fully saturated rings. The molecule has 1 aliphatic rings. The quantitative estimate of drug-likeness (QED) is 0.872. The van der Waals surface area contributed by atoms with Gasteiger partial charge in [0.2, 0.25) is 0 Å². The topological polar surface area (TPSA) is 50.4 Å². The SMILES string of the molecule is COc1cc(C(=O)N[C@H]2CCNC[C@@H]2C)ccc1C. The third kappa shape index (κ3) is 3.26. The van der Waals surface area contributed by atoms with Crippen molar-refractivity contribution in [1.29, 1.82) is 0 Å². The fraction of sp³-hybridized carbons (Fsp3) is 0.533. The standard InChI is InChI=1S/C15H22N2O2/c1-10-4-5-12(8-14(10)19-3)15(18)17-13-6-7-16-9-11(13)2/h4-5,8,11,13,16H,6-7,9H2,1-3H3,(H,17,18)/t11-,13-/m0/s1. The number of hydrogen-bond donors (Lipinski definition) is 2. The van der Waals surface area contributed by atoms with Crippen molar-refractivity contribution < 1.29 is 9.53 Å². The van der Waals surface area contributed by atoms with Gasteiger partial charge >= 0.3 is 0 Å². The Hall–Kier alpha value is -1.55. The van der Waals surface area contributed by atoms with Crippen LogP contribution in [-0.2, 0) is 0 Å². The van der Waals surface area contributed by atoms with Crippen LogP contribution in [-0.4, -0.2) is 32.1 Å². The summed E-state index contributed by atoms with van der Waals surface area (Å²) in [5, 5.41) is 6.45. The van der Waals surface area contributed by atoms with Gasteiger partial charge < -0.3 is 15.4 Å². The number of nitrogens with one attached hydrogen (secondary N) is 2. The summed E-state index contributed by atoms with van der Waals surface area (Å²) in [4.78, 5) is 12.3. The monoisotopic (exact) mass is 262 g/mol. The van der Waals surface area contributed by atoms with E-state index in [9.17, 15) is 4.79 Å². The van der Waals surface area contributed by atoms with Gasteiger partial charge in [-0.3, -0.25) is 4.79 Å². The highest BCUT2D eigenvalue weighted by Crippen LogP contribution is 2.19. The number of ether oxygens (including phenoxy) is 1. The van der Waals surface area contributed by atoms with Gasteiger partial charge in [-0.15, -0.1) is 0 Å². The zero-order valence-corrected chi connectivity index (χ0v) is 11.8. The van der Waals surface area contributed by atoms with Gasteiger partial charge in [0, 0.05) is 11.6 Å². The number of amides is 1. The maximum absolute atomic E-state index is 12.3. The first kappa shape index (κ1) is 13.9. The van der Waals surface area contributed by atoms with E-state index in [2.05, 4.69) is 17.6 Å². The second kappa shape index (κ2) is 6.06. The molecule has 19 heavy (non-hydrogen) atoms. The average Bonchev–Trinajstić information content (AvgIpc) is 2.42. The summed E-state index contributed by atoms with van der Waals surface area (Å²) in [6.07, 6.45) is 0.982. The number of hydrogen-bond acceptors (Lipinski definition) is 3. The molecule has 2 rings (SSSR count). The highest BCUT2D eigenvalue weighted by atomic mass is 16.5. The minimum Gasteiger partial charge on any atom is -0.496 e. The molecule has 2 N–H and O–H groups in total. The van der Waals surface area contributed by atoms with E-state index in [1.165, 1.54) is 0 Å². The Morgan fingerprint density at radius 3 is 2.95 bits per heavy atom. The predicted octanol–water partition coefficient (Wildman–Crippen LogP) is 1.73. The van der Waals surface area contributed by atoms with Crippen molar-refractivity contribution in [3.05, 3.63) is 29.3 Å². The molecule has 4 heteroatoms. The molecule has 2 atom stereocenters. The van der Waals surface area contributed by atoms with E-state index in [0.29, 0.717) is 11.5 Å². The van der Waals surface area contributed by atoms with E-state index < -0.39 is 0 Å². The van der Waals surface area contributed by atoms with Gasteiger partial charge in [-0.05, 0) is 50.0 Å². The van der Waals surface area contributed by atoms with Crippen molar-refractivity contribution in [1.82, 2.24) is 10.6 Å². The number of piperidine rings is 1. The van der Waals surface area contributed by atoms with Gasteiger partial charge in [0.25, 0.3) is 5.91 Å². The van der Waals surface area contributed by atoms with E-state index in [0.717, 1.165) is 30.8 Å². The third-order valence-electron chi connectivity index (χ3n) is 3.77. The molecule has 4 nitrogen and oxygen atoms in total. The number of rotatable bonds is 3. The molecule has 0 aromatic heterocycles. The lowest BCUT2D eigenvalue weighted by atomic mass is 9.95. The normalized spacial score (nSPS) is 22.9. The maximum Gasteiger partial charge on any atom is 0.251 e. The first-order valence-corrected chi connectivity index (χ1v) is 6.78. The molecule has 0 radical (unpaired) electrons. The van der Waals surface area contributed by atoms with Crippen molar-refractivity contribution in [2.45, 2.75) is 26.3 Å². The summed E-state index contributed by atoms with van der Waals surface area (Å²) >= 11 is 0. The molecule has 1 aliphatic heterocycles. The van der Waals surface area contributed by atoms with Crippen LogP contribution in [0.25, 0.3) is 0 Å². The van der Waals surface area contributed by atoms with Gasteiger partial charge in [0.1, 0.15) is 5.75 Å². The Balaban J connectivity index is 2.07. The molecular weight excluding hydrogens is 240 g/mol. The lowest BCUT2D eigenvalue weighted by Crippen LogP contribution is -2.48. The molecule has 0 bridgehead atoms. The Morgan fingerprint density at radius 2 is 2.26 bits per heavy atom. The van der Waals surface area contributed by atoms with Crippen LogP contribution < -0.4 is 15.4 Å². The van der Waals surface area contributed by atoms with Crippen molar-refractivity contribution >= 4 is 5.91 Å². The van der Waals surface area contributed by atoms with Crippen LogP contribution in [0.1, 0.15) is 29.3 Å². The Bertz CT molecular complexity index is 459. The number of carbonyl (C=O) groups is 1. The highest BCUT2D eigenvalue weighted by Gasteiger charge is 2.23. The molecular formula is C15H22N2O2. The lowest BCUT2D eigenvalue weighted by Gasteiger charge is -2.30. The maximum atomic E-state index is 12.3. The summed E-state index contributed by atoms with van der Waals surface area (Å²) in [6, 6.07) is 5.82. The Morgan fingerprint density at radius 1 is 1.47 bits per heavy atom. The highest BCUT2D eigenvalue weighted by molar-refractivity contribution is 5.94. The second-order valence-corrected chi connectivity index (χ2v) is 5.23. The molecule has 1 heterocycles. The fourth-order valence-electron chi connectivity index (χ4n) is 2.44.